The molecule has 146 valence electrons. The molecule has 2 aromatic heterocycles. The normalized spacial score (nSPS) is 11.0. The SMILES string of the molecule is Cc1ccc2oc(C(=O)N(Cc3ccco3)Cc3ccccc3F)cc(=O)c2c1. The molecule has 1 amide bonds. The highest BCUT2D eigenvalue weighted by Crippen LogP contribution is 2.19. The van der Waals surface area contributed by atoms with Crippen LogP contribution in [0, 0.1) is 12.7 Å². The van der Waals surface area contributed by atoms with Gasteiger partial charge in [0.05, 0.1) is 18.2 Å². The van der Waals surface area contributed by atoms with Crippen molar-refractivity contribution >= 4 is 16.9 Å². The molecule has 4 aromatic rings. The Labute approximate surface area is 166 Å². The second kappa shape index (κ2) is 7.75. The van der Waals surface area contributed by atoms with Crippen molar-refractivity contribution in [2.24, 2.45) is 0 Å². The topological polar surface area (TPSA) is 63.7 Å². The maximum Gasteiger partial charge on any atom is 0.290 e. The Kier molecular flexibility index (Phi) is 4.99. The first-order chi connectivity index (χ1) is 14.0. The van der Waals surface area contributed by atoms with Gasteiger partial charge in [0, 0.05) is 18.2 Å². The molecule has 0 bridgehead atoms. The van der Waals surface area contributed by atoms with Crippen LogP contribution in [0.2, 0.25) is 0 Å². The van der Waals surface area contributed by atoms with E-state index in [1.54, 1.807) is 48.5 Å². The van der Waals surface area contributed by atoms with Crippen molar-refractivity contribution in [3.05, 3.63) is 106 Å². The molecule has 2 heterocycles. The highest BCUT2D eigenvalue weighted by molar-refractivity contribution is 5.93. The van der Waals surface area contributed by atoms with Crippen LogP contribution < -0.4 is 5.43 Å². The molecule has 6 heteroatoms. The van der Waals surface area contributed by atoms with Gasteiger partial charge in [-0.2, -0.15) is 0 Å². The minimum absolute atomic E-state index is 0.00184. The number of hydrogen-bond donors (Lipinski definition) is 0. The molecule has 0 saturated carbocycles. The van der Waals surface area contributed by atoms with Crippen molar-refractivity contribution in [3.63, 3.8) is 0 Å². The van der Waals surface area contributed by atoms with Gasteiger partial charge < -0.3 is 13.7 Å². The first-order valence-electron chi connectivity index (χ1n) is 9.11. The number of aryl methyl sites for hydroxylation is 1. The Morgan fingerprint density at radius 1 is 1.03 bits per heavy atom. The Hall–Kier alpha value is -3.67. The number of rotatable bonds is 5. The Morgan fingerprint density at radius 3 is 2.62 bits per heavy atom. The largest absolute Gasteiger partial charge is 0.467 e. The predicted octanol–water partition coefficient (Wildman–Crippen LogP) is 4.68. The van der Waals surface area contributed by atoms with Gasteiger partial charge >= 0.3 is 0 Å². The summed E-state index contributed by atoms with van der Waals surface area (Å²) in [6, 6.07) is 16.0. The standard InChI is InChI=1S/C23H18FNO4/c1-15-8-9-21-18(11-15)20(26)12-22(29-21)23(27)25(14-17-6-4-10-28-17)13-16-5-2-3-7-19(16)24/h2-12H,13-14H2,1H3. The molecule has 0 atom stereocenters. The number of halogens is 1. The molecule has 0 aliphatic heterocycles. The van der Waals surface area contributed by atoms with Crippen molar-refractivity contribution in [1.82, 2.24) is 4.90 Å². The molecule has 0 fully saturated rings. The lowest BCUT2D eigenvalue weighted by atomic mass is 10.1. The fourth-order valence-electron chi connectivity index (χ4n) is 3.15. The molecule has 5 nitrogen and oxygen atoms in total. The van der Waals surface area contributed by atoms with Crippen molar-refractivity contribution in [1.29, 1.82) is 0 Å². The van der Waals surface area contributed by atoms with Crippen LogP contribution >= 0.6 is 0 Å². The Balaban J connectivity index is 1.72. The zero-order valence-electron chi connectivity index (χ0n) is 15.7. The van der Waals surface area contributed by atoms with E-state index in [0.29, 0.717) is 22.3 Å². The van der Waals surface area contributed by atoms with E-state index in [-0.39, 0.29) is 24.3 Å². The summed E-state index contributed by atoms with van der Waals surface area (Å²) in [4.78, 5) is 27.1. The number of carbonyl (C=O) groups is 1. The number of nitrogens with zero attached hydrogens (tertiary/aromatic N) is 1. The van der Waals surface area contributed by atoms with Crippen LogP contribution in [0.5, 0.6) is 0 Å². The maximum absolute atomic E-state index is 14.2. The average Bonchev–Trinajstić information content (AvgIpc) is 3.22. The molecule has 0 aliphatic carbocycles. The monoisotopic (exact) mass is 391 g/mol. The summed E-state index contributed by atoms with van der Waals surface area (Å²) in [6.45, 7) is 1.98. The molecule has 29 heavy (non-hydrogen) atoms. The molecule has 0 N–H and O–H groups in total. The predicted molar refractivity (Wildman–Crippen MR) is 106 cm³/mol. The molecule has 2 aromatic carbocycles. The molecule has 0 saturated heterocycles. The van der Waals surface area contributed by atoms with Crippen LogP contribution in [0.25, 0.3) is 11.0 Å². The third kappa shape index (κ3) is 3.96. The van der Waals surface area contributed by atoms with E-state index < -0.39 is 11.7 Å². The number of amides is 1. The van der Waals surface area contributed by atoms with Gasteiger partial charge in [0.15, 0.2) is 11.2 Å². The van der Waals surface area contributed by atoms with Gasteiger partial charge in [-0.25, -0.2) is 4.39 Å². The second-order valence-corrected chi connectivity index (χ2v) is 6.81. The summed E-state index contributed by atoms with van der Waals surface area (Å²) in [5.74, 6) is -0.507. The zero-order valence-corrected chi connectivity index (χ0v) is 15.7. The van der Waals surface area contributed by atoms with E-state index in [1.807, 2.05) is 6.92 Å². The van der Waals surface area contributed by atoms with Crippen molar-refractivity contribution in [2.45, 2.75) is 20.0 Å². The van der Waals surface area contributed by atoms with E-state index in [1.165, 1.54) is 23.3 Å². The van der Waals surface area contributed by atoms with Crippen LogP contribution in [0.15, 0.2) is 80.6 Å². The quantitative estimate of drug-likeness (QED) is 0.496. The fourth-order valence-corrected chi connectivity index (χ4v) is 3.15. The van der Waals surface area contributed by atoms with Gasteiger partial charge in [-0.05, 0) is 37.3 Å². The van der Waals surface area contributed by atoms with E-state index >= 15 is 0 Å². The lowest BCUT2D eigenvalue weighted by Crippen LogP contribution is -2.31. The van der Waals surface area contributed by atoms with E-state index in [4.69, 9.17) is 8.83 Å². The van der Waals surface area contributed by atoms with Gasteiger partial charge in [-0.3, -0.25) is 9.59 Å². The molecule has 4 rings (SSSR count). The number of carbonyl (C=O) groups excluding carboxylic acids is 1. The highest BCUT2D eigenvalue weighted by Gasteiger charge is 2.22. The van der Waals surface area contributed by atoms with Crippen LogP contribution in [-0.2, 0) is 13.1 Å². The first-order valence-corrected chi connectivity index (χ1v) is 9.11. The molecular weight excluding hydrogens is 373 g/mol. The van der Waals surface area contributed by atoms with Gasteiger partial charge in [0.25, 0.3) is 5.91 Å². The summed E-state index contributed by atoms with van der Waals surface area (Å²) < 4.78 is 25.2. The highest BCUT2D eigenvalue weighted by atomic mass is 19.1. The molecule has 0 spiro atoms. The third-order valence-corrected chi connectivity index (χ3v) is 4.63. The minimum atomic E-state index is -0.524. The lowest BCUT2D eigenvalue weighted by Gasteiger charge is -2.21. The van der Waals surface area contributed by atoms with Crippen molar-refractivity contribution in [3.8, 4) is 0 Å². The van der Waals surface area contributed by atoms with Gasteiger partial charge in [0.2, 0.25) is 0 Å². The minimum Gasteiger partial charge on any atom is -0.467 e. The second-order valence-electron chi connectivity index (χ2n) is 6.81. The van der Waals surface area contributed by atoms with E-state index in [0.717, 1.165) is 5.56 Å². The molecule has 0 unspecified atom stereocenters. The van der Waals surface area contributed by atoms with Crippen LogP contribution in [0.4, 0.5) is 4.39 Å². The first kappa shape index (κ1) is 18.7. The average molecular weight is 391 g/mol. The van der Waals surface area contributed by atoms with E-state index in [9.17, 15) is 14.0 Å². The summed E-state index contributed by atoms with van der Waals surface area (Å²) >= 11 is 0. The number of hydrogen-bond acceptors (Lipinski definition) is 4. The van der Waals surface area contributed by atoms with Crippen molar-refractivity contribution < 1.29 is 18.0 Å². The lowest BCUT2D eigenvalue weighted by molar-refractivity contribution is 0.0684. The summed E-state index contributed by atoms with van der Waals surface area (Å²) in [6.07, 6.45) is 1.50. The van der Waals surface area contributed by atoms with Gasteiger partial charge in [-0.15, -0.1) is 0 Å². The van der Waals surface area contributed by atoms with Gasteiger partial charge in [-0.1, -0.05) is 29.8 Å². The van der Waals surface area contributed by atoms with E-state index in [2.05, 4.69) is 0 Å². The molecule has 0 aliphatic rings. The summed E-state index contributed by atoms with van der Waals surface area (Å²) in [7, 11) is 0. The van der Waals surface area contributed by atoms with Crippen LogP contribution in [0.1, 0.15) is 27.4 Å². The number of furan rings is 1. The number of benzene rings is 2. The molecule has 0 radical (unpaired) electrons. The maximum atomic E-state index is 14.2. The smallest absolute Gasteiger partial charge is 0.290 e. The van der Waals surface area contributed by atoms with Gasteiger partial charge in [0.1, 0.15) is 17.2 Å². The summed E-state index contributed by atoms with van der Waals surface area (Å²) in [5.41, 5.74) is 1.30. The fraction of sp³-hybridized carbons (Fsp3) is 0.130. The Bertz CT molecular complexity index is 1230. The van der Waals surface area contributed by atoms with Crippen LogP contribution in [0.3, 0.4) is 0 Å². The third-order valence-electron chi connectivity index (χ3n) is 4.63. The Morgan fingerprint density at radius 2 is 1.86 bits per heavy atom. The number of fused-ring (bicyclic) bond motifs is 1. The van der Waals surface area contributed by atoms with Crippen LogP contribution in [-0.4, -0.2) is 10.8 Å². The zero-order chi connectivity index (χ0) is 20.4. The van der Waals surface area contributed by atoms with Crippen molar-refractivity contribution in [2.75, 3.05) is 0 Å². The summed E-state index contributed by atoms with van der Waals surface area (Å²) in [5, 5.41) is 0.410. The molecular formula is C23H18FNO4.